The number of nitrogens with one attached hydrogen (secondary N) is 1. The molecule has 4 aromatic rings. The molecule has 0 radical (unpaired) electrons. The van der Waals surface area contributed by atoms with Crippen LogP contribution in [0, 0.1) is 0 Å². The standard InChI is InChI=1S/C27H24N4O2S/c1-18-23(26-29-25(30-33-26)21-13-15-22(34-2)16-14-21)24(20-11-7-4-8-12-20)28-27(32)31(18)17-19-9-5-3-6-10-19/h3-16,24H,17H2,1-2H3,(H,28,32). The Labute approximate surface area is 202 Å². The summed E-state index contributed by atoms with van der Waals surface area (Å²) in [6, 6.07) is 27.3. The Morgan fingerprint density at radius 2 is 1.65 bits per heavy atom. The second-order valence-corrected chi connectivity index (χ2v) is 8.90. The molecule has 0 saturated carbocycles. The zero-order chi connectivity index (χ0) is 23.5. The minimum Gasteiger partial charge on any atom is -0.334 e. The number of benzene rings is 3. The van der Waals surface area contributed by atoms with Crippen LogP contribution in [0.15, 0.2) is 100 Å². The molecule has 0 spiro atoms. The zero-order valence-electron chi connectivity index (χ0n) is 18.9. The molecule has 1 aromatic heterocycles. The maximum atomic E-state index is 13.2. The molecule has 1 aliphatic rings. The Bertz CT molecular complexity index is 1320. The molecule has 34 heavy (non-hydrogen) atoms. The third-order valence-electron chi connectivity index (χ3n) is 5.92. The van der Waals surface area contributed by atoms with Crippen LogP contribution in [0.3, 0.4) is 0 Å². The van der Waals surface area contributed by atoms with Crippen LogP contribution in [0.2, 0.25) is 0 Å². The van der Waals surface area contributed by atoms with Crippen molar-refractivity contribution in [1.29, 1.82) is 0 Å². The monoisotopic (exact) mass is 468 g/mol. The van der Waals surface area contributed by atoms with E-state index in [9.17, 15) is 4.79 Å². The summed E-state index contributed by atoms with van der Waals surface area (Å²) in [6.07, 6.45) is 2.04. The van der Waals surface area contributed by atoms with Gasteiger partial charge >= 0.3 is 6.03 Å². The van der Waals surface area contributed by atoms with Crippen molar-refractivity contribution in [2.45, 2.75) is 24.4 Å². The molecule has 5 rings (SSSR count). The van der Waals surface area contributed by atoms with Crippen LogP contribution < -0.4 is 5.32 Å². The molecule has 2 heterocycles. The van der Waals surface area contributed by atoms with E-state index in [0.29, 0.717) is 18.3 Å². The number of allylic oxidation sites excluding steroid dienone is 1. The van der Waals surface area contributed by atoms with Gasteiger partial charge in [-0.15, -0.1) is 11.8 Å². The summed E-state index contributed by atoms with van der Waals surface area (Å²) in [4.78, 5) is 20.8. The van der Waals surface area contributed by atoms with Gasteiger partial charge in [0.2, 0.25) is 5.82 Å². The molecule has 0 aliphatic carbocycles. The Morgan fingerprint density at radius 1 is 0.971 bits per heavy atom. The molecule has 1 N–H and O–H groups in total. The SMILES string of the molecule is CSc1ccc(-c2noc(C3=C(C)N(Cc4ccccc4)C(=O)NC3c3ccccc3)n2)cc1. The summed E-state index contributed by atoms with van der Waals surface area (Å²) in [6.45, 7) is 2.38. The maximum absolute atomic E-state index is 13.2. The van der Waals surface area contributed by atoms with Crippen LogP contribution in [0.5, 0.6) is 0 Å². The molecule has 1 atom stereocenters. The van der Waals surface area contributed by atoms with Crippen LogP contribution in [-0.4, -0.2) is 27.3 Å². The molecule has 7 heteroatoms. The zero-order valence-corrected chi connectivity index (χ0v) is 19.8. The average Bonchev–Trinajstić information content (AvgIpc) is 3.37. The van der Waals surface area contributed by atoms with E-state index in [2.05, 4.69) is 10.5 Å². The van der Waals surface area contributed by atoms with Crippen molar-refractivity contribution in [2.75, 3.05) is 6.26 Å². The highest BCUT2D eigenvalue weighted by atomic mass is 32.2. The quantitative estimate of drug-likeness (QED) is 0.343. The third-order valence-corrected chi connectivity index (χ3v) is 6.66. The topological polar surface area (TPSA) is 71.3 Å². The number of hydrogen-bond acceptors (Lipinski definition) is 5. The van der Waals surface area contributed by atoms with E-state index in [1.54, 1.807) is 16.7 Å². The normalized spacial score (nSPS) is 16.0. The van der Waals surface area contributed by atoms with Crippen LogP contribution in [0.4, 0.5) is 4.79 Å². The summed E-state index contributed by atoms with van der Waals surface area (Å²) in [7, 11) is 0. The second-order valence-electron chi connectivity index (χ2n) is 8.02. The molecular formula is C27H24N4O2S. The van der Waals surface area contributed by atoms with Crippen molar-refractivity contribution in [2.24, 2.45) is 0 Å². The van der Waals surface area contributed by atoms with Crippen LogP contribution in [0.25, 0.3) is 17.0 Å². The number of hydrogen-bond donors (Lipinski definition) is 1. The summed E-state index contributed by atoms with van der Waals surface area (Å²) in [5.74, 6) is 0.912. The van der Waals surface area contributed by atoms with Crippen molar-refractivity contribution in [3.8, 4) is 11.4 Å². The molecule has 1 unspecified atom stereocenters. The lowest BCUT2D eigenvalue weighted by Gasteiger charge is -2.35. The molecule has 3 aromatic carbocycles. The van der Waals surface area contributed by atoms with Gasteiger partial charge in [0.25, 0.3) is 5.89 Å². The molecule has 6 nitrogen and oxygen atoms in total. The summed E-state index contributed by atoms with van der Waals surface area (Å²) in [5, 5.41) is 7.39. The fourth-order valence-electron chi connectivity index (χ4n) is 4.10. The first-order chi connectivity index (χ1) is 16.6. The highest BCUT2D eigenvalue weighted by Crippen LogP contribution is 2.37. The van der Waals surface area contributed by atoms with Crippen molar-refractivity contribution >= 4 is 23.4 Å². The summed E-state index contributed by atoms with van der Waals surface area (Å²) < 4.78 is 5.77. The predicted octanol–water partition coefficient (Wildman–Crippen LogP) is 6.16. The van der Waals surface area contributed by atoms with Gasteiger partial charge in [-0.05, 0) is 48.6 Å². The van der Waals surface area contributed by atoms with Gasteiger partial charge in [-0.3, -0.25) is 4.90 Å². The molecule has 0 fully saturated rings. The minimum absolute atomic E-state index is 0.161. The Morgan fingerprint density at radius 3 is 2.32 bits per heavy atom. The van der Waals surface area contributed by atoms with Crippen LogP contribution in [-0.2, 0) is 6.54 Å². The molecule has 0 saturated heterocycles. The van der Waals surface area contributed by atoms with Gasteiger partial charge in [0.15, 0.2) is 0 Å². The number of rotatable bonds is 6. The van der Waals surface area contributed by atoms with Crippen molar-refractivity contribution in [3.63, 3.8) is 0 Å². The molecule has 170 valence electrons. The van der Waals surface area contributed by atoms with Crippen LogP contribution in [0.1, 0.15) is 30.0 Å². The number of amides is 2. The number of aromatic nitrogens is 2. The van der Waals surface area contributed by atoms with Crippen molar-refractivity contribution < 1.29 is 9.32 Å². The first-order valence-corrected chi connectivity index (χ1v) is 12.2. The fourth-order valence-corrected chi connectivity index (χ4v) is 4.51. The second kappa shape index (κ2) is 9.57. The van der Waals surface area contributed by atoms with E-state index in [4.69, 9.17) is 9.51 Å². The van der Waals surface area contributed by atoms with E-state index in [1.165, 1.54) is 4.90 Å². The predicted molar refractivity (Wildman–Crippen MR) is 134 cm³/mol. The van der Waals surface area contributed by atoms with E-state index in [1.807, 2.05) is 98.1 Å². The van der Waals surface area contributed by atoms with Crippen molar-refractivity contribution in [3.05, 3.63) is 108 Å². The van der Waals surface area contributed by atoms with Gasteiger partial charge in [-0.1, -0.05) is 65.8 Å². The highest BCUT2D eigenvalue weighted by Gasteiger charge is 2.35. The first-order valence-electron chi connectivity index (χ1n) is 11.0. The lowest BCUT2D eigenvalue weighted by Crippen LogP contribution is -2.45. The van der Waals surface area contributed by atoms with E-state index in [0.717, 1.165) is 28.0 Å². The van der Waals surface area contributed by atoms with Gasteiger partial charge in [-0.25, -0.2) is 4.79 Å². The largest absolute Gasteiger partial charge is 0.334 e. The number of carbonyl (C=O) groups excluding carboxylic acids is 1. The number of thioether (sulfide) groups is 1. The van der Waals surface area contributed by atoms with Crippen LogP contribution >= 0.6 is 11.8 Å². The van der Waals surface area contributed by atoms with E-state index < -0.39 is 6.04 Å². The third kappa shape index (κ3) is 4.34. The number of carbonyl (C=O) groups is 1. The number of urea groups is 1. The molecule has 1 aliphatic heterocycles. The Hall–Kier alpha value is -3.84. The van der Waals surface area contributed by atoms with E-state index in [-0.39, 0.29) is 6.03 Å². The lowest BCUT2D eigenvalue weighted by molar-refractivity contribution is 0.203. The number of nitrogens with zero attached hydrogens (tertiary/aromatic N) is 3. The first kappa shape index (κ1) is 22.0. The lowest BCUT2D eigenvalue weighted by atomic mass is 9.94. The maximum Gasteiger partial charge on any atom is 0.322 e. The van der Waals surface area contributed by atoms with Gasteiger partial charge in [-0.2, -0.15) is 4.98 Å². The Kier molecular flexibility index (Phi) is 6.18. The van der Waals surface area contributed by atoms with Gasteiger partial charge < -0.3 is 9.84 Å². The van der Waals surface area contributed by atoms with Crippen molar-refractivity contribution in [1.82, 2.24) is 20.4 Å². The fraction of sp³-hybridized carbons (Fsp3) is 0.148. The average molecular weight is 469 g/mol. The van der Waals surface area contributed by atoms with Gasteiger partial charge in [0.1, 0.15) is 0 Å². The van der Waals surface area contributed by atoms with E-state index >= 15 is 0 Å². The molecule has 2 amide bonds. The molecular weight excluding hydrogens is 444 g/mol. The smallest absolute Gasteiger partial charge is 0.322 e. The molecule has 0 bridgehead atoms. The summed E-state index contributed by atoms with van der Waals surface area (Å²) >= 11 is 1.68. The van der Waals surface area contributed by atoms with Gasteiger partial charge in [0, 0.05) is 16.2 Å². The van der Waals surface area contributed by atoms with Gasteiger partial charge in [0.05, 0.1) is 18.2 Å². The highest BCUT2D eigenvalue weighted by molar-refractivity contribution is 7.98. The minimum atomic E-state index is -0.395. The summed E-state index contributed by atoms with van der Waals surface area (Å²) in [5.41, 5.74) is 4.45. The Balaban J connectivity index is 1.57.